The Bertz CT molecular complexity index is 1170. The summed E-state index contributed by atoms with van der Waals surface area (Å²) in [7, 11) is -3.99. The Morgan fingerprint density at radius 3 is 2.46 bits per heavy atom. The van der Waals surface area contributed by atoms with Crippen LogP contribution in [0.25, 0.3) is 0 Å². The number of unbranched alkanes of at least 4 members (excludes halogenated alkanes) is 1. The number of benzene rings is 2. The fourth-order valence-corrected chi connectivity index (χ4v) is 4.38. The summed E-state index contributed by atoms with van der Waals surface area (Å²) < 4.78 is 25.9. The monoisotopic (exact) mass is 524 g/mol. The van der Waals surface area contributed by atoms with E-state index in [4.69, 9.17) is 11.6 Å². The lowest BCUT2D eigenvalue weighted by molar-refractivity contribution is -0.384. The van der Waals surface area contributed by atoms with Crippen LogP contribution in [0, 0.1) is 10.1 Å². The fraction of sp³-hybridized carbons (Fsp3) is 0.391. The molecule has 0 aliphatic rings. The molecule has 0 unspecified atom stereocenters. The molecule has 2 aromatic rings. The van der Waals surface area contributed by atoms with Crippen LogP contribution in [0.3, 0.4) is 0 Å². The van der Waals surface area contributed by atoms with E-state index in [-0.39, 0.29) is 23.8 Å². The number of nitrogens with one attached hydrogen (secondary N) is 1. The van der Waals surface area contributed by atoms with Crippen molar-refractivity contribution in [3.63, 3.8) is 0 Å². The first-order valence-corrected chi connectivity index (χ1v) is 13.2. The molecule has 0 aliphatic carbocycles. The lowest BCUT2D eigenvalue weighted by Gasteiger charge is -2.31. The second-order valence-electron chi connectivity index (χ2n) is 8.02. The van der Waals surface area contributed by atoms with Gasteiger partial charge in [-0.25, -0.2) is 8.42 Å². The Labute approximate surface area is 210 Å². The van der Waals surface area contributed by atoms with E-state index in [9.17, 15) is 28.1 Å². The summed E-state index contributed by atoms with van der Waals surface area (Å²) in [4.78, 5) is 38.0. The normalized spacial score (nSPS) is 12.0. The molecule has 190 valence electrons. The summed E-state index contributed by atoms with van der Waals surface area (Å²) in [5.74, 6) is -1.03. The van der Waals surface area contributed by atoms with Crippen LogP contribution in [0.2, 0.25) is 5.02 Å². The molecule has 0 saturated carbocycles. The van der Waals surface area contributed by atoms with Crippen LogP contribution in [0.4, 0.5) is 11.4 Å². The van der Waals surface area contributed by atoms with E-state index in [0.29, 0.717) is 17.1 Å². The van der Waals surface area contributed by atoms with Crippen molar-refractivity contribution in [2.24, 2.45) is 0 Å². The van der Waals surface area contributed by atoms with Crippen molar-refractivity contribution in [1.82, 2.24) is 10.2 Å². The highest BCUT2D eigenvalue weighted by molar-refractivity contribution is 7.92. The first-order valence-electron chi connectivity index (χ1n) is 11.0. The van der Waals surface area contributed by atoms with Gasteiger partial charge in [-0.1, -0.05) is 43.1 Å². The molecule has 12 heteroatoms. The van der Waals surface area contributed by atoms with Crippen molar-refractivity contribution in [1.29, 1.82) is 0 Å². The van der Waals surface area contributed by atoms with Crippen LogP contribution in [0.5, 0.6) is 0 Å². The first-order chi connectivity index (χ1) is 16.4. The molecular weight excluding hydrogens is 496 g/mol. The Hall–Kier alpha value is -3.18. The van der Waals surface area contributed by atoms with Crippen LogP contribution in [0.1, 0.15) is 32.3 Å². The van der Waals surface area contributed by atoms with Gasteiger partial charge in [-0.05, 0) is 37.1 Å². The summed E-state index contributed by atoms with van der Waals surface area (Å²) in [5, 5.41) is 14.4. The molecule has 1 N–H and O–H groups in total. The summed E-state index contributed by atoms with van der Waals surface area (Å²) in [5.41, 5.74) is 0.307. The standard InChI is InChI=1S/C23H29ClN4O6S/c1-4-5-12-25-23(30)17(2)26(15-18-8-6-9-19(24)13-18)22(29)16-27(35(3,33)34)20-10-7-11-21(14-20)28(31)32/h6-11,13-14,17H,4-5,12,15-16H2,1-3H3,(H,25,30)/t17-/m0/s1. The molecule has 2 amide bonds. The summed E-state index contributed by atoms with van der Waals surface area (Å²) in [6, 6.07) is 10.9. The van der Waals surface area contributed by atoms with Gasteiger partial charge in [0.25, 0.3) is 5.69 Å². The topological polar surface area (TPSA) is 130 Å². The quantitative estimate of drug-likeness (QED) is 0.257. The second kappa shape index (κ2) is 12.5. The van der Waals surface area contributed by atoms with Gasteiger partial charge >= 0.3 is 0 Å². The van der Waals surface area contributed by atoms with Crippen LogP contribution < -0.4 is 9.62 Å². The highest BCUT2D eigenvalue weighted by Crippen LogP contribution is 2.24. The van der Waals surface area contributed by atoms with E-state index in [0.717, 1.165) is 29.5 Å². The molecule has 0 spiro atoms. The van der Waals surface area contributed by atoms with Crippen LogP contribution in [-0.2, 0) is 26.2 Å². The molecule has 0 aliphatic heterocycles. The number of rotatable bonds is 12. The van der Waals surface area contributed by atoms with Crippen molar-refractivity contribution in [3.05, 3.63) is 69.2 Å². The molecule has 35 heavy (non-hydrogen) atoms. The summed E-state index contributed by atoms with van der Waals surface area (Å²) in [6.45, 7) is 3.35. The number of nitro benzene ring substituents is 1. The van der Waals surface area contributed by atoms with E-state index in [1.54, 1.807) is 31.2 Å². The minimum atomic E-state index is -3.99. The highest BCUT2D eigenvalue weighted by atomic mass is 35.5. The minimum absolute atomic E-state index is 0.00823. The van der Waals surface area contributed by atoms with E-state index in [2.05, 4.69) is 5.32 Å². The molecule has 0 heterocycles. The molecule has 2 rings (SSSR count). The molecular formula is C23H29ClN4O6S. The first kappa shape index (κ1) is 28.1. The number of anilines is 1. The number of non-ortho nitro benzene ring substituents is 1. The Morgan fingerprint density at radius 1 is 1.17 bits per heavy atom. The number of hydrogen-bond donors (Lipinski definition) is 1. The third-order valence-corrected chi connectivity index (χ3v) is 6.62. The number of amides is 2. The molecule has 0 saturated heterocycles. The van der Waals surface area contributed by atoms with Gasteiger partial charge in [-0.2, -0.15) is 0 Å². The van der Waals surface area contributed by atoms with Gasteiger partial charge in [0.2, 0.25) is 21.8 Å². The number of sulfonamides is 1. The Morgan fingerprint density at radius 2 is 1.86 bits per heavy atom. The average Bonchev–Trinajstić information content (AvgIpc) is 2.79. The number of carbonyl (C=O) groups is 2. The molecule has 0 aromatic heterocycles. The Kier molecular flexibility index (Phi) is 10.0. The maximum Gasteiger partial charge on any atom is 0.271 e. The SMILES string of the molecule is CCCCNC(=O)[C@H](C)N(Cc1cccc(Cl)c1)C(=O)CN(c1cccc([N+](=O)[O-])c1)S(C)(=O)=O. The van der Waals surface area contributed by atoms with Gasteiger partial charge in [0.15, 0.2) is 0 Å². The zero-order valence-electron chi connectivity index (χ0n) is 19.8. The van der Waals surface area contributed by atoms with Gasteiger partial charge in [0.05, 0.1) is 16.9 Å². The number of nitro groups is 1. The van der Waals surface area contributed by atoms with Crippen molar-refractivity contribution in [2.75, 3.05) is 23.7 Å². The van der Waals surface area contributed by atoms with Crippen LogP contribution in [-0.4, -0.2) is 55.4 Å². The predicted octanol–water partition coefficient (Wildman–Crippen LogP) is 3.35. The third kappa shape index (κ3) is 8.22. The van der Waals surface area contributed by atoms with Crippen molar-refractivity contribution in [2.45, 2.75) is 39.3 Å². The molecule has 0 radical (unpaired) electrons. The van der Waals surface area contributed by atoms with Gasteiger partial charge in [0, 0.05) is 30.2 Å². The van der Waals surface area contributed by atoms with Crippen LogP contribution in [0.15, 0.2) is 48.5 Å². The zero-order valence-corrected chi connectivity index (χ0v) is 21.4. The molecule has 2 aromatic carbocycles. The number of carbonyl (C=O) groups excluding carboxylic acids is 2. The van der Waals surface area contributed by atoms with E-state index < -0.39 is 33.4 Å². The number of halogens is 1. The average molecular weight is 525 g/mol. The number of hydrogen-bond acceptors (Lipinski definition) is 6. The predicted molar refractivity (Wildman–Crippen MR) is 135 cm³/mol. The van der Waals surface area contributed by atoms with E-state index in [1.807, 2.05) is 6.92 Å². The van der Waals surface area contributed by atoms with Crippen molar-refractivity contribution in [3.8, 4) is 0 Å². The maximum atomic E-state index is 13.4. The van der Waals surface area contributed by atoms with E-state index >= 15 is 0 Å². The van der Waals surface area contributed by atoms with E-state index in [1.165, 1.54) is 23.1 Å². The van der Waals surface area contributed by atoms with Gasteiger partial charge in [0.1, 0.15) is 12.6 Å². The minimum Gasteiger partial charge on any atom is -0.354 e. The van der Waals surface area contributed by atoms with Gasteiger partial charge in [-0.3, -0.25) is 24.0 Å². The van der Waals surface area contributed by atoms with Gasteiger partial charge in [-0.15, -0.1) is 0 Å². The van der Waals surface area contributed by atoms with Crippen molar-refractivity contribution >= 4 is 44.8 Å². The number of nitrogens with zero attached hydrogens (tertiary/aromatic N) is 3. The summed E-state index contributed by atoms with van der Waals surface area (Å²) >= 11 is 6.07. The second-order valence-corrected chi connectivity index (χ2v) is 10.4. The highest BCUT2D eigenvalue weighted by Gasteiger charge is 2.30. The molecule has 0 bridgehead atoms. The van der Waals surface area contributed by atoms with Gasteiger partial charge < -0.3 is 10.2 Å². The van der Waals surface area contributed by atoms with Crippen LogP contribution >= 0.6 is 11.6 Å². The largest absolute Gasteiger partial charge is 0.354 e. The molecule has 1 atom stereocenters. The maximum absolute atomic E-state index is 13.4. The Balaban J connectivity index is 2.39. The zero-order chi connectivity index (χ0) is 26.2. The molecule has 0 fully saturated rings. The third-order valence-electron chi connectivity index (χ3n) is 5.25. The fourth-order valence-electron chi connectivity index (χ4n) is 3.33. The lowest BCUT2D eigenvalue weighted by atomic mass is 10.1. The van der Waals surface area contributed by atoms with Crippen molar-refractivity contribution < 1.29 is 22.9 Å². The lowest BCUT2D eigenvalue weighted by Crippen LogP contribution is -2.51. The molecule has 10 nitrogen and oxygen atoms in total. The summed E-state index contributed by atoms with van der Waals surface area (Å²) in [6.07, 6.45) is 2.56. The smallest absolute Gasteiger partial charge is 0.271 e.